The van der Waals surface area contributed by atoms with Crippen molar-refractivity contribution in [3.8, 4) is 73.2 Å². The van der Waals surface area contributed by atoms with E-state index >= 15 is 0 Å². The van der Waals surface area contributed by atoms with Gasteiger partial charge in [-0.2, -0.15) is 0 Å². The van der Waals surface area contributed by atoms with E-state index in [9.17, 15) is 0 Å². The minimum absolute atomic E-state index is 0.550. The molecule has 6 nitrogen and oxygen atoms in total. The first-order valence-electron chi connectivity index (χ1n) is 23.2. The molecule has 0 atom stereocenters. The van der Waals surface area contributed by atoms with Gasteiger partial charge in [0.25, 0.3) is 0 Å². The Labute approximate surface area is 396 Å². The average molecular weight is 883 g/mol. The molecular weight excluding hydrogens is 845 g/mol. The van der Waals surface area contributed by atoms with Gasteiger partial charge in [0.05, 0.1) is 11.0 Å². The molecule has 69 heavy (non-hydrogen) atoms. The molecule has 10 aromatic carbocycles. The molecule has 0 aliphatic rings. The van der Waals surface area contributed by atoms with Crippen molar-refractivity contribution < 1.29 is 8.83 Å². The van der Waals surface area contributed by atoms with Crippen LogP contribution in [-0.4, -0.2) is 19.5 Å². The first kappa shape index (κ1) is 38.8. The summed E-state index contributed by atoms with van der Waals surface area (Å²) in [6.07, 6.45) is 0. The molecule has 14 aromatic rings. The molecule has 0 radical (unpaired) electrons. The number of nitrogens with zero attached hydrogens (tertiary/aromatic N) is 4. The van der Waals surface area contributed by atoms with Crippen LogP contribution in [-0.2, 0) is 0 Å². The number of furan rings is 2. The van der Waals surface area contributed by atoms with Crippen molar-refractivity contribution in [3.05, 3.63) is 231 Å². The number of benzene rings is 10. The number of para-hydroxylation sites is 4. The highest BCUT2D eigenvalue weighted by Gasteiger charge is 2.19. The van der Waals surface area contributed by atoms with E-state index in [2.05, 4.69) is 187 Å². The van der Waals surface area contributed by atoms with Crippen LogP contribution in [0.15, 0.2) is 239 Å². The average Bonchev–Trinajstić information content (AvgIpc) is 4.10. The van der Waals surface area contributed by atoms with Crippen molar-refractivity contribution in [1.82, 2.24) is 19.5 Å². The Morgan fingerprint density at radius 2 is 0.710 bits per heavy atom. The monoisotopic (exact) mass is 882 g/mol. The number of fused-ring (bicyclic) bond motifs is 9. The van der Waals surface area contributed by atoms with Crippen molar-refractivity contribution in [2.24, 2.45) is 0 Å². The maximum absolute atomic E-state index is 6.32. The Morgan fingerprint density at radius 1 is 0.275 bits per heavy atom. The third kappa shape index (κ3) is 6.53. The summed E-state index contributed by atoms with van der Waals surface area (Å²) in [6.45, 7) is 0. The van der Waals surface area contributed by atoms with Crippen LogP contribution in [0.1, 0.15) is 0 Å². The second-order valence-corrected chi connectivity index (χ2v) is 17.6. The molecule has 322 valence electrons. The van der Waals surface area contributed by atoms with Crippen molar-refractivity contribution in [2.45, 2.75) is 0 Å². The first-order valence-corrected chi connectivity index (χ1v) is 23.2. The second-order valence-electron chi connectivity index (χ2n) is 17.6. The van der Waals surface area contributed by atoms with Gasteiger partial charge in [0.15, 0.2) is 17.5 Å². The van der Waals surface area contributed by atoms with Gasteiger partial charge in [-0.1, -0.05) is 158 Å². The molecule has 4 aromatic heterocycles. The fourth-order valence-electron chi connectivity index (χ4n) is 10.2. The quantitative estimate of drug-likeness (QED) is 0.159. The van der Waals surface area contributed by atoms with E-state index in [1.165, 1.54) is 32.9 Å². The van der Waals surface area contributed by atoms with Crippen LogP contribution in [0.5, 0.6) is 0 Å². The lowest BCUT2D eigenvalue weighted by molar-refractivity contribution is 0.668. The van der Waals surface area contributed by atoms with E-state index in [-0.39, 0.29) is 0 Å². The van der Waals surface area contributed by atoms with Gasteiger partial charge in [-0.3, -0.25) is 0 Å². The summed E-state index contributed by atoms with van der Waals surface area (Å²) in [6, 6.07) is 80.7. The summed E-state index contributed by atoms with van der Waals surface area (Å²) in [5.41, 5.74) is 16.1. The molecule has 0 N–H and O–H groups in total. The van der Waals surface area contributed by atoms with Crippen LogP contribution in [0, 0.1) is 0 Å². The SMILES string of the molecule is c1ccc(-c2cccc3c4cc(-c5cccc(-c6cccc(-c7nc(-c8ccc9c(c8)oc8ccccc89)nc(-c8ccc9c(c8)oc8ccccc89)n7)c6)c5)ccc4n(-c4ccccc4)c23)cc1. The lowest BCUT2D eigenvalue weighted by atomic mass is 9.96. The lowest BCUT2D eigenvalue weighted by Gasteiger charge is -2.12. The van der Waals surface area contributed by atoms with E-state index in [4.69, 9.17) is 23.8 Å². The summed E-state index contributed by atoms with van der Waals surface area (Å²) in [4.78, 5) is 15.5. The molecule has 0 spiro atoms. The standard InChI is InChI=1S/C63H38N4O2/c1-3-14-39(15-4-1)48-24-13-25-53-54-36-43(30-33-55(54)67(60(48)53)47-20-5-2-6-21-47)41-17-11-16-40(34-41)42-18-12-19-44(35-42)61-64-62(45-28-31-51-49-22-7-9-26-56(49)68-58(51)37-45)66-63(65-61)46-29-32-52-50-23-8-10-27-57(50)69-59(52)38-46/h1-38H. The number of aromatic nitrogens is 4. The smallest absolute Gasteiger partial charge is 0.164 e. The normalized spacial score (nSPS) is 11.8. The summed E-state index contributed by atoms with van der Waals surface area (Å²) in [7, 11) is 0. The third-order valence-electron chi connectivity index (χ3n) is 13.4. The zero-order chi connectivity index (χ0) is 45.4. The van der Waals surface area contributed by atoms with E-state index in [1.54, 1.807) is 0 Å². The minimum atomic E-state index is 0.550. The second kappa shape index (κ2) is 15.6. The molecule has 0 unspecified atom stereocenters. The highest BCUT2D eigenvalue weighted by molar-refractivity contribution is 6.15. The molecule has 14 rings (SSSR count). The van der Waals surface area contributed by atoms with E-state index in [0.29, 0.717) is 17.5 Å². The number of rotatable bonds is 7. The number of hydrogen-bond acceptors (Lipinski definition) is 5. The Balaban J connectivity index is 0.878. The molecule has 0 bridgehead atoms. The van der Waals surface area contributed by atoms with Gasteiger partial charge in [0.1, 0.15) is 22.3 Å². The molecule has 4 heterocycles. The molecule has 0 fully saturated rings. The van der Waals surface area contributed by atoms with Crippen LogP contribution in [0.2, 0.25) is 0 Å². The zero-order valence-corrected chi connectivity index (χ0v) is 37.0. The van der Waals surface area contributed by atoms with E-state index in [0.717, 1.165) is 88.5 Å². The summed E-state index contributed by atoms with van der Waals surface area (Å²) < 4.78 is 15.1. The first-order chi connectivity index (χ1) is 34.2. The fourth-order valence-corrected chi connectivity index (χ4v) is 10.2. The summed E-state index contributed by atoms with van der Waals surface area (Å²) in [5.74, 6) is 1.67. The van der Waals surface area contributed by atoms with Crippen molar-refractivity contribution >= 4 is 65.7 Å². The van der Waals surface area contributed by atoms with Gasteiger partial charge in [0, 0.05) is 60.3 Å². The van der Waals surface area contributed by atoms with Gasteiger partial charge < -0.3 is 13.4 Å². The van der Waals surface area contributed by atoms with Crippen molar-refractivity contribution in [3.63, 3.8) is 0 Å². The van der Waals surface area contributed by atoms with Crippen LogP contribution >= 0.6 is 0 Å². The van der Waals surface area contributed by atoms with Gasteiger partial charge in [-0.15, -0.1) is 0 Å². The Kier molecular flexibility index (Phi) is 8.79. The Morgan fingerprint density at radius 3 is 1.32 bits per heavy atom. The highest BCUT2D eigenvalue weighted by Crippen LogP contribution is 2.41. The van der Waals surface area contributed by atoms with Gasteiger partial charge in [0.2, 0.25) is 0 Å². The number of hydrogen-bond donors (Lipinski definition) is 0. The zero-order valence-electron chi connectivity index (χ0n) is 37.0. The molecule has 0 amide bonds. The maximum atomic E-state index is 6.32. The fraction of sp³-hybridized carbons (Fsp3) is 0. The topological polar surface area (TPSA) is 69.9 Å². The summed E-state index contributed by atoms with van der Waals surface area (Å²) in [5, 5.41) is 6.66. The largest absolute Gasteiger partial charge is 0.456 e. The molecule has 0 saturated carbocycles. The lowest BCUT2D eigenvalue weighted by Crippen LogP contribution is -2.00. The molecule has 0 aliphatic carbocycles. The molecular formula is C63H38N4O2. The Hall–Kier alpha value is -9.39. The van der Waals surface area contributed by atoms with Crippen LogP contribution < -0.4 is 0 Å². The molecule has 0 saturated heterocycles. The molecule has 6 heteroatoms. The maximum Gasteiger partial charge on any atom is 0.164 e. The summed E-state index contributed by atoms with van der Waals surface area (Å²) >= 11 is 0. The van der Waals surface area contributed by atoms with E-state index in [1.807, 2.05) is 48.5 Å². The Bertz CT molecular complexity index is 4190. The highest BCUT2D eigenvalue weighted by atomic mass is 16.3. The predicted molar refractivity (Wildman–Crippen MR) is 281 cm³/mol. The van der Waals surface area contributed by atoms with Crippen LogP contribution in [0.25, 0.3) is 139 Å². The van der Waals surface area contributed by atoms with E-state index < -0.39 is 0 Å². The predicted octanol–water partition coefficient (Wildman–Crippen LogP) is 16.8. The van der Waals surface area contributed by atoms with Crippen molar-refractivity contribution in [1.29, 1.82) is 0 Å². The van der Waals surface area contributed by atoms with Crippen molar-refractivity contribution in [2.75, 3.05) is 0 Å². The van der Waals surface area contributed by atoms with Crippen LogP contribution in [0.4, 0.5) is 0 Å². The van der Waals surface area contributed by atoms with Gasteiger partial charge >= 0.3 is 0 Å². The van der Waals surface area contributed by atoms with Gasteiger partial charge in [-0.05, 0) is 101 Å². The third-order valence-corrected chi connectivity index (χ3v) is 13.4. The van der Waals surface area contributed by atoms with Crippen LogP contribution in [0.3, 0.4) is 0 Å². The minimum Gasteiger partial charge on any atom is -0.456 e. The van der Waals surface area contributed by atoms with Gasteiger partial charge in [-0.25, -0.2) is 15.0 Å². The molecule has 0 aliphatic heterocycles.